The summed E-state index contributed by atoms with van der Waals surface area (Å²) in [5, 5.41) is 0. The van der Waals surface area contributed by atoms with Crippen molar-refractivity contribution in [2.75, 3.05) is 18.4 Å². The molecule has 0 amide bonds. The second-order valence-corrected chi connectivity index (χ2v) is 7.02. The van der Waals surface area contributed by atoms with E-state index in [1.807, 2.05) is 6.92 Å². The molecule has 0 saturated heterocycles. The molecule has 0 bridgehead atoms. The fourth-order valence-electron chi connectivity index (χ4n) is 2.07. The van der Waals surface area contributed by atoms with Crippen LogP contribution in [0.3, 0.4) is 0 Å². The lowest BCUT2D eigenvalue weighted by Gasteiger charge is -2.10. The van der Waals surface area contributed by atoms with Crippen LogP contribution in [-0.4, -0.2) is 34.1 Å². The number of carbonyl (C=O) groups excluding carboxylic acids is 2. The van der Waals surface area contributed by atoms with Gasteiger partial charge >= 0.3 is 11.9 Å². The number of ether oxygens (including phenoxy) is 2. The van der Waals surface area contributed by atoms with Gasteiger partial charge in [-0.3, -0.25) is 4.72 Å². The highest BCUT2D eigenvalue weighted by Crippen LogP contribution is 2.18. The topological polar surface area (TPSA) is 98.8 Å². The number of hydrogen-bond donors (Lipinski definition) is 1. The molecule has 1 N–H and O–H groups in total. The van der Waals surface area contributed by atoms with Gasteiger partial charge in [0, 0.05) is 5.69 Å². The Morgan fingerprint density at radius 2 is 1.69 bits per heavy atom. The summed E-state index contributed by atoms with van der Waals surface area (Å²) in [5.41, 5.74) is 0.735. The normalized spacial score (nSPS) is 10.8. The quantitative estimate of drug-likeness (QED) is 0.745. The molecule has 0 fully saturated rings. The smallest absolute Gasteiger partial charge is 0.338 e. The Hall–Kier alpha value is -2.87. The van der Waals surface area contributed by atoms with Crippen molar-refractivity contribution in [2.24, 2.45) is 0 Å². The Balaban J connectivity index is 2.17. The van der Waals surface area contributed by atoms with E-state index < -0.39 is 22.0 Å². The first-order valence-corrected chi connectivity index (χ1v) is 9.34. The Morgan fingerprint density at radius 1 is 1.00 bits per heavy atom. The van der Waals surface area contributed by atoms with E-state index in [0.29, 0.717) is 18.6 Å². The van der Waals surface area contributed by atoms with Crippen LogP contribution in [0, 0.1) is 0 Å². The molecule has 0 saturated carbocycles. The Morgan fingerprint density at radius 3 is 2.31 bits per heavy atom. The Bertz CT molecular complexity index is 890. The highest BCUT2D eigenvalue weighted by molar-refractivity contribution is 7.92. The van der Waals surface area contributed by atoms with Crippen LogP contribution in [0.25, 0.3) is 0 Å². The first-order valence-electron chi connectivity index (χ1n) is 7.85. The van der Waals surface area contributed by atoms with E-state index >= 15 is 0 Å². The zero-order valence-corrected chi connectivity index (χ0v) is 15.2. The maximum atomic E-state index is 12.5. The molecule has 8 heteroatoms. The second kappa shape index (κ2) is 8.48. The van der Waals surface area contributed by atoms with E-state index in [-0.39, 0.29) is 16.1 Å². The van der Waals surface area contributed by atoms with Crippen molar-refractivity contribution in [2.45, 2.75) is 18.2 Å². The highest BCUT2D eigenvalue weighted by atomic mass is 32.2. The number of anilines is 1. The van der Waals surface area contributed by atoms with E-state index in [0.717, 1.165) is 0 Å². The molecule has 138 valence electrons. The summed E-state index contributed by atoms with van der Waals surface area (Å²) in [5.74, 6) is -1.09. The van der Waals surface area contributed by atoms with Crippen LogP contribution in [-0.2, 0) is 19.5 Å². The number of methoxy groups -OCH3 is 1. The maximum absolute atomic E-state index is 12.5. The maximum Gasteiger partial charge on any atom is 0.338 e. The minimum Gasteiger partial charge on any atom is -0.465 e. The van der Waals surface area contributed by atoms with Crippen molar-refractivity contribution in [3.8, 4) is 0 Å². The van der Waals surface area contributed by atoms with E-state index in [4.69, 9.17) is 4.74 Å². The first-order chi connectivity index (χ1) is 12.4. The predicted octanol–water partition coefficient (Wildman–Crippen LogP) is 2.84. The Kier molecular flexibility index (Phi) is 6.35. The van der Waals surface area contributed by atoms with Crippen LogP contribution < -0.4 is 4.72 Å². The molecule has 0 aliphatic heterocycles. The number of rotatable bonds is 7. The number of carbonyl (C=O) groups is 2. The summed E-state index contributed by atoms with van der Waals surface area (Å²) < 4.78 is 36.9. The lowest BCUT2D eigenvalue weighted by atomic mass is 10.2. The lowest BCUT2D eigenvalue weighted by Crippen LogP contribution is -2.14. The molecule has 0 atom stereocenters. The zero-order chi connectivity index (χ0) is 19.2. The molecule has 2 rings (SSSR count). The molecule has 2 aromatic rings. The van der Waals surface area contributed by atoms with Crippen molar-refractivity contribution in [1.29, 1.82) is 0 Å². The Labute approximate surface area is 152 Å². The van der Waals surface area contributed by atoms with Gasteiger partial charge < -0.3 is 9.47 Å². The standard InChI is InChI=1S/C18H19NO6S/c1-3-11-25-18(21)13-7-9-15(10-8-13)19-26(22,23)16-6-4-5-14(12-16)17(20)24-2/h4-10,12,19H,3,11H2,1-2H3. The highest BCUT2D eigenvalue weighted by Gasteiger charge is 2.17. The van der Waals surface area contributed by atoms with Crippen molar-refractivity contribution < 1.29 is 27.5 Å². The van der Waals surface area contributed by atoms with Gasteiger partial charge in [-0.15, -0.1) is 0 Å². The number of sulfonamides is 1. The van der Waals surface area contributed by atoms with Gasteiger partial charge in [-0.2, -0.15) is 0 Å². The van der Waals surface area contributed by atoms with Crippen LogP contribution in [0.5, 0.6) is 0 Å². The largest absolute Gasteiger partial charge is 0.465 e. The lowest BCUT2D eigenvalue weighted by molar-refractivity contribution is 0.0504. The van der Waals surface area contributed by atoms with Crippen LogP contribution in [0.2, 0.25) is 0 Å². The molecule has 7 nitrogen and oxygen atoms in total. The number of nitrogens with one attached hydrogen (secondary N) is 1. The van der Waals surface area contributed by atoms with Crippen molar-refractivity contribution in [3.63, 3.8) is 0 Å². The van der Waals surface area contributed by atoms with Crippen molar-refractivity contribution in [1.82, 2.24) is 0 Å². The monoisotopic (exact) mass is 377 g/mol. The summed E-state index contributed by atoms with van der Waals surface area (Å²) in [4.78, 5) is 23.2. The third kappa shape index (κ3) is 4.82. The van der Waals surface area contributed by atoms with Crippen LogP contribution in [0.4, 0.5) is 5.69 Å². The van der Waals surface area contributed by atoms with Gasteiger partial charge in [0.25, 0.3) is 10.0 Å². The van der Waals surface area contributed by atoms with E-state index in [1.165, 1.54) is 55.6 Å². The van der Waals surface area contributed by atoms with E-state index in [1.54, 1.807) is 0 Å². The summed E-state index contributed by atoms with van der Waals surface area (Å²) in [7, 11) is -2.68. The van der Waals surface area contributed by atoms with Gasteiger partial charge in [0.15, 0.2) is 0 Å². The van der Waals surface area contributed by atoms with Crippen LogP contribution in [0.1, 0.15) is 34.1 Å². The van der Waals surface area contributed by atoms with Gasteiger partial charge in [-0.1, -0.05) is 13.0 Å². The van der Waals surface area contributed by atoms with E-state index in [2.05, 4.69) is 9.46 Å². The van der Waals surface area contributed by atoms with Gasteiger partial charge in [-0.25, -0.2) is 18.0 Å². The van der Waals surface area contributed by atoms with Gasteiger partial charge in [-0.05, 0) is 48.9 Å². The molecule has 0 spiro atoms. The van der Waals surface area contributed by atoms with Gasteiger partial charge in [0.1, 0.15) is 0 Å². The molecule has 0 heterocycles. The molecule has 0 unspecified atom stereocenters. The number of hydrogen-bond acceptors (Lipinski definition) is 6. The van der Waals surface area contributed by atoms with Gasteiger partial charge in [0.05, 0.1) is 29.7 Å². The summed E-state index contributed by atoms with van der Waals surface area (Å²) in [6, 6.07) is 11.4. The second-order valence-electron chi connectivity index (χ2n) is 5.34. The molecule has 2 aromatic carbocycles. The number of benzene rings is 2. The van der Waals surface area contributed by atoms with Crippen molar-refractivity contribution in [3.05, 3.63) is 59.7 Å². The average molecular weight is 377 g/mol. The third-order valence-corrected chi connectivity index (χ3v) is 4.75. The molecular formula is C18H19NO6S. The first kappa shape index (κ1) is 19.5. The molecule has 0 aliphatic carbocycles. The predicted molar refractivity (Wildman–Crippen MR) is 95.6 cm³/mol. The average Bonchev–Trinajstić information content (AvgIpc) is 2.65. The van der Waals surface area contributed by atoms with Crippen LogP contribution >= 0.6 is 0 Å². The minimum absolute atomic E-state index is 0.0770. The minimum atomic E-state index is -3.90. The molecule has 0 radical (unpaired) electrons. The van der Waals surface area contributed by atoms with Crippen LogP contribution in [0.15, 0.2) is 53.4 Å². The SMILES string of the molecule is CCCOC(=O)c1ccc(NS(=O)(=O)c2cccc(C(=O)OC)c2)cc1. The number of esters is 2. The molecule has 0 aliphatic rings. The summed E-state index contributed by atoms with van der Waals surface area (Å²) in [6.07, 6.45) is 0.717. The van der Waals surface area contributed by atoms with Gasteiger partial charge in [0.2, 0.25) is 0 Å². The van der Waals surface area contributed by atoms with Crippen molar-refractivity contribution >= 4 is 27.6 Å². The zero-order valence-electron chi connectivity index (χ0n) is 14.4. The van der Waals surface area contributed by atoms with E-state index in [9.17, 15) is 18.0 Å². The molecule has 0 aromatic heterocycles. The molecular weight excluding hydrogens is 358 g/mol. The molecule has 26 heavy (non-hydrogen) atoms. The fourth-order valence-corrected chi connectivity index (χ4v) is 3.18. The summed E-state index contributed by atoms with van der Waals surface area (Å²) >= 11 is 0. The fraction of sp³-hybridized carbons (Fsp3) is 0.222. The summed E-state index contributed by atoms with van der Waals surface area (Å²) in [6.45, 7) is 2.21. The third-order valence-electron chi connectivity index (χ3n) is 3.38.